The Morgan fingerprint density at radius 2 is 2.19 bits per heavy atom. The average Bonchev–Trinajstić information content (AvgIpc) is 3.11. The van der Waals surface area contributed by atoms with E-state index < -0.39 is 0 Å². The van der Waals surface area contributed by atoms with E-state index in [-0.39, 0.29) is 11.9 Å². The van der Waals surface area contributed by atoms with Gasteiger partial charge in [-0.15, -0.1) is 5.10 Å². The molecule has 1 aromatic heterocycles. The molecule has 5 nitrogen and oxygen atoms in total. The summed E-state index contributed by atoms with van der Waals surface area (Å²) >= 11 is 1.20. The van der Waals surface area contributed by atoms with Crippen LogP contribution in [0.3, 0.4) is 0 Å². The van der Waals surface area contributed by atoms with Crippen LogP contribution in [-0.2, 0) is 6.54 Å². The summed E-state index contributed by atoms with van der Waals surface area (Å²) in [6, 6.07) is 10.6. The molecule has 1 amide bonds. The van der Waals surface area contributed by atoms with E-state index in [9.17, 15) is 4.79 Å². The van der Waals surface area contributed by atoms with E-state index >= 15 is 0 Å². The summed E-state index contributed by atoms with van der Waals surface area (Å²) in [5, 5.41) is 8.56. The van der Waals surface area contributed by atoms with Crippen LogP contribution in [-0.4, -0.2) is 39.5 Å². The van der Waals surface area contributed by atoms with Crippen LogP contribution in [0.5, 0.6) is 0 Å². The van der Waals surface area contributed by atoms with Crippen molar-refractivity contribution in [3.63, 3.8) is 0 Å². The van der Waals surface area contributed by atoms with Gasteiger partial charge in [0.05, 0.1) is 0 Å². The van der Waals surface area contributed by atoms with Crippen LogP contribution in [0.1, 0.15) is 23.0 Å². The summed E-state index contributed by atoms with van der Waals surface area (Å²) in [6.45, 7) is 4.97. The van der Waals surface area contributed by atoms with Crippen LogP contribution in [0.2, 0.25) is 0 Å². The van der Waals surface area contributed by atoms with Crippen molar-refractivity contribution in [2.24, 2.45) is 5.92 Å². The molecular formula is C15H18N4OS. The fourth-order valence-corrected chi connectivity index (χ4v) is 3.17. The minimum Gasteiger partial charge on any atom is -0.346 e. The number of nitrogens with zero attached hydrogens (tertiary/aromatic N) is 3. The monoisotopic (exact) mass is 302 g/mol. The van der Waals surface area contributed by atoms with Crippen LogP contribution in [0, 0.1) is 5.92 Å². The zero-order chi connectivity index (χ0) is 14.7. The topological polar surface area (TPSA) is 58.1 Å². The number of rotatable bonds is 4. The molecule has 2 heterocycles. The maximum atomic E-state index is 12.0. The van der Waals surface area contributed by atoms with E-state index in [1.165, 1.54) is 17.1 Å². The molecule has 6 heteroatoms. The number of amides is 1. The molecule has 1 aliphatic rings. The molecule has 1 fully saturated rings. The Morgan fingerprint density at radius 1 is 1.38 bits per heavy atom. The highest BCUT2D eigenvalue weighted by atomic mass is 32.1. The molecule has 0 aliphatic carbocycles. The number of hydrogen-bond donors (Lipinski definition) is 1. The van der Waals surface area contributed by atoms with Crippen molar-refractivity contribution < 1.29 is 4.79 Å². The van der Waals surface area contributed by atoms with E-state index in [2.05, 4.69) is 51.0 Å². The lowest BCUT2D eigenvalue weighted by Crippen LogP contribution is -2.40. The molecule has 1 aliphatic heterocycles. The van der Waals surface area contributed by atoms with Gasteiger partial charge in [0.2, 0.25) is 0 Å². The Morgan fingerprint density at radius 3 is 2.90 bits per heavy atom. The first-order chi connectivity index (χ1) is 10.2. The lowest BCUT2D eigenvalue weighted by molar-refractivity contribution is 0.0926. The Kier molecular flexibility index (Phi) is 4.26. The summed E-state index contributed by atoms with van der Waals surface area (Å²) in [5.41, 5.74) is 1.72. The molecule has 3 rings (SSSR count). The summed E-state index contributed by atoms with van der Waals surface area (Å²) in [4.78, 5) is 14.4. The fraction of sp³-hybridized carbons (Fsp3) is 0.400. The smallest absolute Gasteiger partial charge is 0.273 e. The van der Waals surface area contributed by atoms with Crippen molar-refractivity contribution in [3.8, 4) is 0 Å². The summed E-state index contributed by atoms with van der Waals surface area (Å²) in [7, 11) is 0. The van der Waals surface area contributed by atoms with Crippen LogP contribution < -0.4 is 5.32 Å². The van der Waals surface area contributed by atoms with Gasteiger partial charge in [-0.3, -0.25) is 9.69 Å². The molecule has 1 N–H and O–H groups in total. The Balaban J connectivity index is 1.57. The lowest BCUT2D eigenvalue weighted by Gasteiger charge is -2.16. The van der Waals surface area contributed by atoms with E-state index in [1.807, 2.05) is 6.07 Å². The zero-order valence-electron chi connectivity index (χ0n) is 11.9. The number of nitrogens with one attached hydrogen (secondary N) is 1. The molecule has 2 atom stereocenters. The van der Waals surface area contributed by atoms with Gasteiger partial charge >= 0.3 is 0 Å². The first-order valence-electron chi connectivity index (χ1n) is 7.06. The van der Waals surface area contributed by atoms with Gasteiger partial charge in [0.1, 0.15) is 0 Å². The van der Waals surface area contributed by atoms with E-state index in [1.54, 1.807) is 5.38 Å². The van der Waals surface area contributed by atoms with E-state index in [0.717, 1.165) is 19.6 Å². The van der Waals surface area contributed by atoms with Crippen LogP contribution in [0.25, 0.3) is 0 Å². The summed E-state index contributed by atoms with van der Waals surface area (Å²) in [5.74, 6) is 0.311. The number of aromatic nitrogens is 2. The minimum absolute atomic E-state index is 0.123. The highest BCUT2D eigenvalue weighted by Gasteiger charge is 2.31. The van der Waals surface area contributed by atoms with Crippen molar-refractivity contribution in [2.75, 3.05) is 13.1 Å². The Bertz CT molecular complexity index is 587. The normalized spacial score (nSPS) is 22.3. The van der Waals surface area contributed by atoms with Crippen molar-refractivity contribution in [3.05, 3.63) is 47.0 Å². The third-order valence-corrected chi connectivity index (χ3v) is 4.35. The Labute approximate surface area is 128 Å². The number of likely N-dealkylation sites (tertiary alicyclic amines) is 1. The second-order valence-electron chi connectivity index (χ2n) is 5.53. The second kappa shape index (κ2) is 6.32. The van der Waals surface area contributed by atoms with E-state index in [0.29, 0.717) is 11.6 Å². The SMILES string of the molecule is C[C@@H]1CN(Cc2ccccc2)C[C@@H]1NC(=O)c1csnn1. The molecule has 1 aromatic carbocycles. The summed E-state index contributed by atoms with van der Waals surface area (Å²) in [6.07, 6.45) is 0. The van der Waals surface area contributed by atoms with Crippen molar-refractivity contribution in [2.45, 2.75) is 19.5 Å². The van der Waals surface area contributed by atoms with E-state index in [4.69, 9.17) is 0 Å². The lowest BCUT2D eigenvalue weighted by atomic mass is 10.1. The van der Waals surface area contributed by atoms with Crippen LogP contribution in [0.15, 0.2) is 35.7 Å². The van der Waals surface area contributed by atoms with Crippen molar-refractivity contribution in [1.82, 2.24) is 19.8 Å². The predicted octanol–water partition coefficient (Wildman–Crippen LogP) is 1.79. The molecule has 0 saturated carbocycles. The highest BCUT2D eigenvalue weighted by Crippen LogP contribution is 2.19. The number of benzene rings is 1. The van der Waals surface area contributed by atoms with Crippen molar-refractivity contribution >= 4 is 17.4 Å². The molecule has 0 spiro atoms. The second-order valence-corrected chi connectivity index (χ2v) is 6.14. The van der Waals surface area contributed by atoms with Gasteiger partial charge in [-0.25, -0.2) is 0 Å². The van der Waals surface area contributed by atoms with Gasteiger partial charge in [0.15, 0.2) is 5.69 Å². The van der Waals surface area contributed by atoms with Gasteiger partial charge < -0.3 is 5.32 Å². The largest absolute Gasteiger partial charge is 0.346 e. The quantitative estimate of drug-likeness (QED) is 0.935. The minimum atomic E-state index is -0.123. The Hall–Kier alpha value is -1.79. The molecule has 0 radical (unpaired) electrons. The number of hydrogen-bond acceptors (Lipinski definition) is 5. The standard InChI is InChI=1S/C15H18N4OS/c1-11-7-19(8-12-5-3-2-4-6-12)9-13(11)16-15(20)14-10-21-18-17-14/h2-6,10-11,13H,7-9H2,1H3,(H,16,20)/t11-,13+/m1/s1. The maximum absolute atomic E-state index is 12.0. The van der Waals surface area contributed by atoms with Gasteiger partial charge in [-0.05, 0) is 23.0 Å². The first-order valence-corrected chi connectivity index (χ1v) is 7.90. The third kappa shape index (κ3) is 3.46. The molecule has 0 bridgehead atoms. The molecule has 21 heavy (non-hydrogen) atoms. The first kappa shape index (κ1) is 14.2. The van der Waals surface area contributed by atoms with Gasteiger partial charge in [0.25, 0.3) is 5.91 Å². The van der Waals surface area contributed by atoms with Gasteiger partial charge in [0, 0.05) is 31.1 Å². The van der Waals surface area contributed by atoms with Gasteiger partial charge in [-0.1, -0.05) is 41.7 Å². The molecular weight excluding hydrogens is 284 g/mol. The summed E-state index contributed by atoms with van der Waals surface area (Å²) < 4.78 is 3.73. The third-order valence-electron chi connectivity index (χ3n) is 3.85. The molecule has 2 aromatic rings. The number of carbonyl (C=O) groups is 1. The molecule has 1 saturated heterocycles. The predicted molar refractivity (Wildman–Crippen MR) is 82.0 cm³/mol. The van der Waals surface area contributed by atoms with Gasteiger partial charge in [-0.2, -0.15) is 0 Å². The van der Waals surface area contributed by atoms with Crippen LogP contribution in [0.4, 0.5) is 0 Å². The highest BCUT2D eigenvalue weighted by molar-refractivity contribution is 7.03. The van der Waals surface area contributed by atoms with Crippen LogP contribution >= 0.6 is 11.5 Å². The fourth-order valence-electron chi connectivity index (χ4n) is 2.73. The average molecular weight is 302 g/mol. The maximum Gasteiger partial charge on any atom is 0.273 e. The molecule has 0 unspecified atom stereocenters. The molecule has 110 valence electrons. The number of carbonyl (C=O) groups excluding carboxylic acids is 1. The zero-order valence-corrected chi connectivity index (χ0v) is 12.7. The van der Waals surface area contributed by atoms with Crippen molar-refractivity contribution in [1.29, 1.82) is 0 Å².